The number of aromatic carboxylic acids is 1. The zero-order valence-electron chi connectivity index (χ0n) is 9.72. The van der Waals surface area contributed by atoms with Crippen LogP contribution >= 0.6 is 11.8 Å². The molecule has 2 aromatic heterocycles. The molecule has 0 atom stereocenters. The number of hydrogen-bond donors (Lipinski definition) is 1. The third-order valence-corrected chi connectivity index (χ3v) is 3.32. The SMILES string of the molecule is Cc1cc(Sc2nccc(C(=O)O)c2F)n(C)n1. The Bertz CT molecular complexity index is 612. The molecule has 0 aromatic carbocycles. The smallest absolute Gasteiger partial charge is 0.338 e. The molecule has 7 heteroatoms. The average molecular weight is 267 g/mol. The number of aromatic nitrogens is 3. The first-order chi connectivity index (χ1) is 8.49. The second kappa shape index (κ2) is 4.77. The minimum Gasteiger partial charge on any atom is -0.478 e. The second-order valence-corrected chi connectivity index (χ2v) is 4.64. The van der Waals surface area contributed by atoms with Gasteiger partial charge in [0.15, 0.2) is 5.82 Å². The van der Waals surface area contributed by atoms with Crippen LogP contribution in [0.1, 0.15) is 16.1 Å². The van der Waals surface area contributed by atoms with Crippen LogP contribution in [0.4, 0.5) is 4.39 Å². The van der Waals surface area contributed by atoms with Crippen LogP contribution in [0.5, 0.6) is 0 Å². The lowest BCUT2D eigenvalue weighted by molar-refractivity contribution is 0.0691. The summed E-state index contributed by atoms with van der Waals surface area (Å²) in [7, 11) is 1.73. The van der Waals surface area contributed by atoms with Gasteiger partial charge >= 0.3 is 5.97 Å². The molecule has 1 N–H and O–H groups in total. The summed E-state index contributed by atoms with van der Waals surface area (Å²) in [6.45, 7) is 1.82. The van der Waals surface area contributed by atoms with Crippen molar-refractivity contribution in [2.75, 3.05) is 0 Å². The average Bonchev–Trinajstić information content (AvgIpc) is 2.60. The topological polar surface area (TPSA) is 68.0 Å². The lowest BCUT2D eigenvalue weighted by atomic mass is 10.3. The van der Waals surface area contributed by atoms with Crippen molar-refractivity contribution < 1.29 is 14.3 Å². The van der Waals surface area contributed by atoms with Gasteiger partial charge in [-0.25, -0.2) is 14.2 Å². The Morgan fingerprint density at radius 2 is 2.28 bits per heavy atom. The first-order valence-electron chi connectivity index (χ1n) is 5.05. The molecule has 2 rings (SSSR count). The van der Waals surface area contributed by atoms with Crippen molar-refractivity contribution in [2.45, 2.75) is 17.0 Å². The Hall–Kier alpha value is -1.89. The van der Waals surface area contributed by atoms with Gasteiger partial charge in [-0.15, -0.1) is 0 Å². The van der Waals surface area contributed by atoms with Crippen molar-refractivity contribution in [1.29, 1.82) is 0 Å². The maximum atomic E-state index is 13.9. The molecular weight excluding hydrogens is 257 g/mol. The summed E-state index contributed by atoms with van der Waals surface area (Å²) in [5.41, 5.74) is 0.418. The number of rotatable bonds is 3. The molecule has 0 unspecified atom stereocenters. The van der Waals surface area contributed by atoms with Crippen LogP contribution in [-0.4, -0.2) is 25.8 Å². The molecule has 0 saturated carbocycles. The van der Waals surface area contributed by atoms with E-state index in [9.17, 15) is 9.18 Å². The molecule has 0 aliphatic rings. The van der Waals surface area contributed by atoms with Gasteiger partial charge in [-0.1, -0.05) is 0 Å². The standard InChI is InChI=1S/C11H10FN3O2S/c1-6-5-8(15(2)14-6)18-10-9(12)7(11(16)17)3-4-13-10/h3-5H,1-2H3,(H,16,17). The van der Waals surface area contributed by atoms with E-state index in [2.05, 4.69) is 10.1 Å². The van der Waals surface area contributed by atoms with E-state index in [1.54, 1.807) is 17.8 Å². The van der Waals surface area contributed by atoms with Crippen molar-refractivity contribution in [1.82, 2.24) is 14.8 Å². The van der Waals surface area contributed by atoms with Crippen LogP contribution in [-0.2, 0) is 7.05 Å². The number of aryl methyl sites for hydroxylation is 2. The van der Waals surface area contributed by atoms with Gasteiger partial charge in [0.25, 0.3) is 0 Å². The quantitative estimate of drug-likeness (QED) is 0.922. The van der Waals surface area contributed by atoms with E-state index < -0.39 is 11.8 Å². The summed E-state index contributed by atoms with van der Waals surface area (Å²) in [5, 5.41) is 13.7. The van der Waals surface area contributed by atoms with E-state index in [1.807, 2.05) is 6.92 Å². The van der Waals surface area contributed by atoms with E-state index in [-0.39, 0.29) is 10.6 Å². The summed E-state index contributed by atoms with van der Waals surface area (Å²) in [5.74, 6) is -2.13. The van der Waals surface area contributed by atoms with Gasteiger partial charge in [-0.3, -0.25) is 4.68 Å². The van der Waals surface area contributed by atoms with Gasteiger partial charge in [0.1, 0.15) is 10.1 Å². The highest BCUT2D eigenvalue weighted by Crippen LogP contribution is 2.29. The van der Waals surface area contributed by atoms with Crippen molar-refractivity contribution >= 4 is 17.7 Å². The minimum absolute atomic E-state index is 0.0258. The molecule has 0 bridgehead atoms. The molecule has 0 aliphatic heterocycles. The van der Waals surface area contributed by atoms with E-state index in [4.69, 9.17) is 5.11 Å². The number of carboxylic acid groups (broad SMARTS) is 1. The van der Waals surface area contributed by atoms with Gasteiger partial charge in [0.05, 0.1) is 11.3 Å². The number of pyridine rings is 1. The predicted octanol–water partition coefficient (Wildman–Crippen LogP) is 2.11. The van der Waals surface area contributed by atoms with Crippen molar-refractivity contribution in [3.63, 3.8) is 0 Å². The fourth-order valence-corrected chi connectivity index (χ4v) is 2.36. The first-order valence-corrected chi connectivity index (χ1v) is 5.87. The fraction of sp³-hybridized carbons (Fsp3) is 0.182. The van der Waals surface area contributed by atoms with Gasteiger partial charge in [0, 0.05) is 13.2 Å². The maximum absolute atomic E-state index is 13.9. The molecular formula is C11H10FN3O2S. The molecule has 2 heterocycles. The molecule has 94 valence electrons. The lowest BCUT2D eigenvalue weighted by Gasteiger charge is -2.04. The second-order valence-electron chi connectivity index (χ2n) is 3.63. The Labute approximate surface area is 107 Å². The highest BCUT2D eigenvalue weighted by Gasteiger charge is 2.17. The number of halogens is 1. The molecule has 0 fully saturated rings. The molecule has 0 radical (unpaired) electrons. The van der Waals surface area contributed by atoms with E-state index in [0.717, 1.165) is 23.5 Å². The number of carboxylic acids is 1. The van der Waals surface area contributed by atoms with Crippen LogP contribution in [0.15, 0.2) is 28.4 Å². The summed E-state index contributed by atoms with van der Waals surface area (Å²) in [6.07, 6.45) is 1.28. The highest BCUT2D eigenvalue weighted by molar-refractivity contribution is 7.99. The normalized spacial score (nSPS) is 10.6. The predicted molar refractivity (Wildman–Crippen MR) is 63.2 cm³/mol. The van der Waals surface area contributed by atoms with E-state index in [1.165, 1.54) is 6.20 Å². The Morgan fingerprint density at radius 3 is 2.83 bits per heavy atom. The van der Waals surface area contributed by atoms with Gasteiger partial charge in [-0.05, 0) is 30.8 Å². The van der Waals surface area contributed by atoms with Crippen LogP contribution in [0.2, 0.25) is 0 Å². The molecule has 0 amide bonds. The van der Waals surface area contributed by atoms with E-state index >= 15 is 0 Å². The van der Waals surface area contributed by atoms with Gasteiger partial charge in [-0.2, -0.15) is 5.10 Å². The molecule has 18 heavy (non-hydrogen) atoms. The maximum Gasteiger partial charge on any atom is 0.338 e. The largest absolute Gasteiger partial charge is 0.478 e. The molecule has 2 aromatic rings. The molecule has 0 aliphatic carbocycles. The highest BCUT2D eigenvalue weighted by atomic mass is 32.2. The zero-order valence-corrected chi connectivity index (χ0v) is 10.5. The third kappa shape index (κ3) is 2.35. The first kappa shape index (κ1) is 12.6. The Morgan fingerprint density at radius 1 is 1.56 bits per heavy atom. The van der Waals surface area contributed by atoms with Crippen molar-refractivity contribution in [2.24, 2.45) is 7.05 Å². The number of nitrogens with zero attached hydrogens (tertiary/aromatic N) is 3. The minimum atomic E-state index is -1.31. The van der Waals surface area contributed by atoms with Crippen molar-refractivity contribution in [3.05, 3.63) is 35.4 Å². The third-order valence-electron chi connectivity index (χ3n) is 2.25. The number of carbonyl (C=O) groups is 1. The van der Waals surface area contributed by atoms with Crippen LogP contribution in [0, 0.1) is 12.7 Å². The summed E-state index contributed by atoms with van der Waals surface area (Å²) < 4.78 is 15.4. The Balaban J connectivity index is 2.38. The summed E-state index contributed by atoms with van der Waals surface area (Å²) >= 11 is 1.04. The fourth-order valence-electron chi connectivity index (χ4n) is 1.44. The van der Waals surface area contributed by atoms with Gasteiger partial charge in [0.2, 0.25) is 0 Å². The van der Waals surface area contributed by atoms with Crippen LogP contribution < -0.4 is 0 Å². The zero-order chi connectivity index (χ0) is 13.3. The molecule has 0 saturated heterocycles. The van der Waals surface area contributed by atoms with E-state index in [0.29, 0.717) is 5.03 Å². The number of hydrogen-bond acceptors (Lipinski definition) is 4. The van der Waals surface area contributed by atoms with Gasteiger partial charge < -0.3 is 5.11 Å². The lowest BCUT2D eigenvalue weighted by Crippen LogP contribution is -2.03. The van der Waals surface area contributed by atoms with Crippen LogP contribution in [0.3, 0.4) is 0 Å². The monoisotopic (exact) mass is 267 g/mol. The van der Waals surface area contributed by atoms with Crippen molar-refractivity contribution in [3.8, 4) is 0 Å². The van der Waals surface area contributed by atoms with Crippen LogP contribution in [0.25, 0.3) is 0 Å². The Kier molecular flexibility index (Phi) is 3.33. The summed E-state index contributed by atoms with van der Waals surface area (Å²) in [4.78, 5) is 14.7. The molecule has 5 nitrogen and oxygen atoms in total. The molecule has 0 spiro atoms. The summed E-state index contributed by atoms with van der Waals surface area (Å²) in [6, 6.07) is 2.91.